The van der Waals surface area contributed by atoms with Crippen molar-refractivity contribution >= 4 is 23.1 Å². The number of nitrogens with zero attached hydrogens (tertiary/aromatic N) is 20. The normalized spacial score (nSPS) is 8.72. The number of imidazole rings is 8. The number of carbonyl (C=O) groups excluding carboxylic acids is 4. The summed E-state index contributed by atoms with van der Waals surface area (Å²) in [5, 5.41) is 59.0. The summed E-state index contributed by atoms with van der Waals surface area (Å²) in [6, 6.07) is 0. The molecule has 0 aliphatic heterocycles. The van der Waals surface area contributed by atoms with Gasteiger partial charge in [0.15, 0.2) is 46.6 Å². The Morgan fingerprint density at radius 2 is 0.372 bits per heavy atom. The Morgan fingerprint density at radius 1 is 0.295 bits per heavy atom. The fourth-order valence-electron chi connectivity index (χ4n) is 5.08. The van der Waals surface area contributed by atoms with Gasteiger partial charge in [-0.15, -0.1) is 0 Å². The summed E-state index contributed by atoms with van der Waals surface area (Å²) in [5.74, 6) is 2.57. The van der Waals surface area contributed by atoms with E-state index in [4.69, 9.17) is 61.3 Å². The average Bonchev–Trinajstić information content (AvgIpc) is 4.13. The van der Waals surface area contributed by atoms with Crippen LogP contribution < -0.4 is 0 Å². The zero-order chi connectivity index (χ0) is 54.8. The van der Waals surface area contributed by atoms with Gasteiger partial charge in [-0.05, 0) is 0 Å². The van der Waals surface area contributed by atoms with Crippen LogP contribution in [0.5, 0.6) is 0 Å². The van der Waals surface area contributed by atoms with Gasteiger partial charge in [0.2, 0.25) is 0 Å². The predicted octanol–water partition coefficient (Wildman–Crippen LogP) is -1.43. The second-order valence-electron chi connectivity index (χ2n) is 13.1. The molecule has 0 spiro atoms. The molecule has 0 aliphatic rings. The van der Waals surface area contributed by atoms with Gasteiger partial charge in [-0.2, -0.15) is 0 Å². The van der Waals surface area contributed by atoms with Crippen molar-refractivity contribution in [1.82, 2.24) is 76.4 Å². The molecule has 0 unspecified atom stereocenters. The van der Waals surface area contributed by atoms with Crippen LogP contribution in [-0.4, -0.2) is 142 Å². The van der Waals surface area contributed by atoms with Crippen LogP contribution in [0, 0.1) is 61.3 Å². The summed E-state index contributed by atoms with van der Waals surface area (Å²) in [5.41, 5.74) is 0. The van der Waals surface area contributed by atoms with E-state index in [1.165, 1.54) is 0 Å². The number of aryl methyl sites for hydroxylation is 8. The first kappa shape index (κ1) is 79.4. The average molecular weight is 1190 g/mol. The van der Waals surface area contributed by atoms with E-state index in [0.717, 1.165) is 0 Å². The third-order valence-electron chi connectivity index (χ3n) is 8.19. The molecular formula is C36H46Fe2N20O20. The molecule has 0 bridgehead atoms. The molecule has 0 aliphatic carbocycles. The zero-order valence-electron chi connectivity index (χ0n) is 41.3. The van der Waals surface area contributed by atoms with Crippen molar-refractivity contribution in [2.75, 3.05) is 0 Å². The van der Waals surface area contributed by atoms with E-state index >= 15 is 0 Å². The summed E-state index contributed by atoms with van der Waals surface area (Å²) in [6.07, 6.45) is 26.6. The van der Waals surface area contributed by atoms with Gasteiger partial charge in [0, 0.05) is 156 Å². The Kier molecular flexibility index (Phi) is 40.2. The SMILES string of the molecule is Cn1ccnc1C(=O)c1nccn1C.Cn1ccnc1C(=O)c1nccn1C.Cn1ccnc1C(=O)c1nccn1C.Cn1ccnc1C(=O)c1nccn1C.O.O.O=[N+]([O-])[O-].O=[N+]([O-])[O-].O=[N+]([O-])[O-].O=[N+]([O-])[O-].[Fe+3].[Fe+3].[OH-].[OH-]. The van der Waals surface area contributed by atoms with Crippen LogP contribution in [0.3, 0.4) is 0 Å². The van der Waals surface area contributed by atoms with Crippen molar-refractivity contribution in [1.29, 1.82) is 0 Å². The molecule has 40 nitrogen and oxygen atoms in total. The minimum absolute atomic E-state index is 0. The van der Waals surface area contributed by atoms with E-state index in [1.807, 2.05) is 0 Å². The first-order valence-electron chi connectivity index (χ1n) is 19.0. The summed E-state index contributed by atoms with van der Waals surface area (Å²) < 4.78 is 13.4. The van der Waals surface area contributed by atoms with Gasteiger partial charge in [-0.1, -0.05) is 0 Å². The van der Waals surface area contributed by atoms with E-state index in [-0.39, 0.29) is 79.2 Å². The third-order valence-corrected chi connectivity index (χ3v) is 8.19. The maximum atomic E-state index is 11.8. The fourth-order valence-corrected chi connectivity index (χ4v) is 5.08. The number of ketones is 4. The van der Waals surface area contributed by atoms with Crippen LogP contribution in [0.15, 0.2) is 99.1 Å². The summed E-state index contributed by atoms with van der Waals surface area (Å²) in [7, 11) is 14.2. The molecule has 6 N–H and O–H groups in total. The van der Waals surface area contributed by atoms with Crippen LogP contribution in [-0.2, 0) is 90.5 Å². The van der Waals surface area contributed by atoms with E-state index < -0.39 is 20.3 Å². The van der Waals surface area contributed by atoms with E-state index in [1.54, 1.807) is 192 Å². The zero-order valence-corrected chi connectivity index (χ0v) is 43.5. The molecule has 8 aromatic rings. The topological polar surface area (TPSA) is 599 Å². The molecule has 0 saturated heterocycles. The second kappa shape index (κ2) is 39.5. The Balaban J connectivity index is -0.000000198. The molecule has 8 heterocycles. The van der Waals surface area contributed by atoms with Crippen molar-refractivity contribution in [3.8, 4) is 0 Å². The first-order chi connectivity index (χ1) is 33.7. The summed E-state index contributed by atoms with van der Waals surface area (Å²) in [6.45, 7) is 0. The smallest absolute Gasteiger partial charge is 0.870 e. The van der Waals surface area contributed by atoms with Gasteiger partial charge in [-0.3, -0.25) is 19.2 Å². The Hall–Kier alpha value is -9.96. The minimum Gasteiger partial charge on any atom is -0.870 e. The van der Waals surface area contributed by atoms with Crippen molar-refractivity contribution in [3.63, 3.8) is 0 Å². The van der Waals surface area contributed by atoms with Gasteiger partial charge in [0.1, 0.15) is 0 Å². The Bertz CT molecular complexity index is 2470. The van der Waals surface area contributed by atoms with Gasteiger partial charge in [0.25, 0.3) is 23.1 Å². The van der Waals surface area contributed by atoms with Crippen molar-refractivity contribution < 1.29 is 95.6 Å². The quantitative estimate of drug-likeness (QED) is 0.0728. The number of hydrogen-bond donors (Lipinski definition) is 0. The molecule has 426 valence electrons. The van der Waals surface area contributed by atoms with Gasteiger partial charge in [-0.25, -0.2) is 39.9 Å². The first-order valence-corrected chi connectivity index (χ1v) is 19.0. The van der Waals surface area contributed by atoms with Crippen molar-refractivity contribution in [2.24, 2.45) is 56.4 Å². The monoisotopic (exact) mass is 1190 g/mol. The van der Waals surface area contributed by atoms with E-state index in [0.29, 0.717) is 46.6 Å². The summed E-state index contributed by atoms with van der Waals surface area (Å²) >= 11 is 0. The van der Waals surface area contributed by atoms with E-state index in [2.05, 4.69) is 39.9 Å². The standard InChI is InChI=1S/4C9H10N4O.2Fe.4NO3.4H2O/c4*1-12-5-3-10-8(12)7(14)9-11-4-6-13(9)2;;;4*2-1(3)4;;;;/h4*3-6H,1-2H3;;;;;;;4*1H2/q;;;;2*+3;4*-1;;;;/p-2. The molecule has 42 heteroatoms. The fraction of sp³-hybridized carbons (Fsp3) is 0.222. The van der Waals surface area contributed by atoms with Crippen molar-refractivity contribution in [2.45, 2.75) is 0 Å². The van der Waals surface area contributed by atoms with Gasteiger partial charge < -0.3 is 120 Å². The Morgan fingerprint density at radius 3 is 0.423 bits per heavy atom. The summed E-state index contributed by atoms with van der Waals surface area (Å²) in [4.78, 5) is 112. The molecule has 0 aromatic carbocycles. The van der Waals surface area contributed by atoms with Gasteiger partial charge >= 0.3 is 34.1 Å². The van der Waals surface area contributed by atoms with Crippen LogP contribution >= 0.6 is 0 Å². The number of rotatable bonds is 8. The van der Waals surface area contributed by atoms with Crippen LogP contribution in [0.25, 0.3) is 0 Å². The largest absolute Gasteiger partial charge is 3.00 e. The van der Waals surface area contributed by atoms with Crippen molar-refractivity contribution in [3.05, 3.63) is 207 Å². The number of hydrogen-bond acceptors (Lipinski definition) is 26. The molecule has 0 saturated carbocycles. The molecule has 78 heavy (non-hydrogen) atoms. The molecule has 0 fully saturated rings. The molecular weight excluding hydrogens is 1140 g/mol. The molecule has 2 radical (unpaired) electrons. The third kappa shape index (κ3) is 26.8. The molecule has 8 rings (SSSR count). The van der Waals surface area contributed by atoms with Gasteiger partial charge in [0.05, 0.1) is 20.3 Å². The molecule has 8 aromatic heterocycles. The Labute approximate surface area is 457 Å². The maximum absolute atomic E-state index is 11.8. The van der Waals surface area contributed by atoms with Crippen LogP contribution in [0.1, 0.15) is 65.8 Å². The van der Waals surface area contributed by atoms with Crippen LogP contribution in [0.4, 0.5) is 0 Å². The maximum Gasteiger partial charge on any atom is 3.00 e. The van der Waals surface area contributed by atoms with E-state index in [9.17, 15) is 19.2 Å². The predicted molar refractivity (Wildman–Crippen MR) is 252 cm³/mol. The molecule has 0 amide bonds. The van der Waals surface area contributed by atoms with Crippen LogP contribution in [0.2, 0.25) is 0 Å². The molecule has 0 atom stereocenters. The minimum atomic E-state index is -1.75. The second-order valence-corrected chi connectivity index (χ2v) is 13.1. The number of aromatic nitrogens is 16. The number of carbonyl (C=O) groups is 4.